The number of nitrogens with one attached hydrogen (secondary N) is 2. The lowest BCUT2D eigenvalue weighted by atomic mass is 9.90. The standard InChI is InChI=1S/C31H38N4O/c1-4-24-19(2)6-12-30(20(3)5-7-21-14-32-15-21)36-31(24)23-10-11-27-25(13-23)26(16-34-27)29-18-33-17-28(35-29)22-8-9-22/h10-13,16-22,32,34H,4-9,14-15H2,1-3H3. The molecule has 2 unspecified atom stereocenters. The average Bonchev–Trinajstić information content (AvgIpc) is 3.66. The number of hydrogen-bond donors (Lipinski definition) is 2. The van der Waals surface area contributed by atoms with Gasteiger partial charge in [-0.05, 0) is 93.3 Å². The van der Waals surface area contributed by atoms with Gasteiger partial charge in [-0.15, -0.1) is 0 Å². The summed E-state index contributed by atoms with van der Waals surface area (Å²) in [5, 5.41) is 4.57. The Morgan fingerprint density at radius 2 is 2.03 bits per heavy atom. The van der Waals surface area contributed by atoms with E-state index >= 15 is 0 Å². The molecule has 6 rings (SSSR count). The van der Waals surface area contributed by atoms with Crippen molar-refractivity contribution >= 4 is 16.7 Å². The third-order valence-corrected chi connectivity index (χ3v) is 8.39. The third kappa shape index (κ3) is 4.61. The van der Waals surface area contributed by atoms with Gasteiger partial charge in [0.2, 0.25) is 0 Å². The van der Waals surface area contributed by atoms with Crippen LogP contribution in [-0.4, -0.2) is 28.0 Å². The van der Waals surface area contributed by atoms with E-state index < -0.39 is 0 Å². The van der Waals surface area contributed by atoms with Crippen molar-refractivity contribution in [3.05, 3.63) is 65.5 Å². The van der Waals surface area contributed by atoms with Gasteiger partial charge in [-0.25, -0.2) is 4.98 Å². The van der Waals surface area contributed by atoms with Crippen LogP contribution in [0.5, 0.6) is 0 Å². The molecular weight excluding hydrogens is 444 g/mol. The maximum Gasteiger partial charge on any atom is 0.133 e. The fraction of sp³-hybridized carbons (Fsp3) is 0.484. The molecule has 0 bridgehead atoms. The maximum absolute atomic E-state index is 6.83. The summed E-state index contributed by atoms with van der Waals surface area (Å²) in [4.78, 5) is 12.9. The number of fused-ring (bicyclic) bond motifs is 1. The number of aromatic nitrogens is 3. The number of H-pyrrole nitrogens is 1. The van der Waals surface area contributed by atoms with Gasteiger partial charge in [0.1, 0.15) is 11.5 Å². The fourth-order valence-corrected chi connectivity index (χ4v) is 5.68. The van der Waals surface area contributed by atoms with E-state index in [1.807, 2.05) is 12.4 Å². The third-order valence-electron chi connectivity index (χ3n) is 8.39. The summed E-state index contributed by atoms with van der Waals surface area (Å²) >= 11 is 0. The van der Waals surface area contributed by atoms with Crippen molar-refractivity contribution in [3.8, 4) is 11.3 Å². The summed E-state index contributed by atoms with van der Waals surface area (Å²) < 4.78 is 6.83. The van der Waals surface area contributed by atoms with Crippen LogP contribution < -0.4 is 5.32 Å². The number of aromatic amines is 1. The second kappa shape index (κ2) is 9.85. The SMILES string of the molecule is CCC1=C(c2ccc3[nH]cc(-c4cncc(C5CC5)n4)c3c2)OC(C(C)CCC2CNC2)=CCC1C. The Kier molecular flexibility index (Phi) is 6.43. The van der Waals surface area contributed by atoms with E-state index in [1.165, 1.54) is 49.7 Å². The molecule has 36 heavy (non-hydrogen) atoms. The number of benzene rings is 1. The van der Waals surface area contributed by atoms with Gasteiger partial charge in [-0.3, -0.25) is 4.98 Å². The van der Waals surface area contributed by atoms with Crippen LogP contribution in [0.4, 0.5) is 0 Å². The Balaban J connectivity index is 1.34. The van der Waals surface area contributed by atoms with Crippen molar-refractivity contribution in [2.24, 2.45) is 17.8 Å². The van der Waals surface area contributed by atoms with Gasteiger partial charge in [0.25, 0.3) is 0 Å². The highest BCUT2D eigenvalue weighted by atomic mass is 16.5. The molecular formula is C31H38N4O. The van der Waals surface area contributed by atoms with E-state index in [9.17, 15) is 0 Å². The van der Waals surface area contributed by atoms with Crippen LogP contribution in [-0.2, 0) is 4.74 Å². The lowest BCUT2D eigenvalue weighted by Crippen LogP contribution is -2.41. The quantitative estimate of drug-likeness (QED) is 0.356. The minimum atomic E-state index is 0.427. The number of hydrogen-bond acceptors (Lipinski definition) is 4. The summed E-state index contributed by atoms with van der Waals surface area (Å²) in [5.74, 6) is 4.51. The molecule has 1 aliphatic carbocycles. The molecule has 5 heteroatoms. The Bertz CT molecular complexity index is 1310. The Morgan fingerprint density at radius 1 is 1.17 bits per heavy atom. The van der Waals surface area contributed by atoms with Gasteiger partial charge >= 0.3 is 0 Å². The normalized spacial score (nSPS) is 21.6. The van der Waals surface area contributed by atoms with Gasteiger partial charge in [0.05, 0.1) is 17.6 Å². The van der Waals surface area contributed by atoms with Gasteiger partial charge in [0, 0.05) is 46.3 Å². The molecule has 3 aromatic rings. The van der Waals surface area contributed by atoms with Crippen LogP contribution >= 0.6 is 0 Å². The summed E-state index contributed by atoms with van der Waals surface area (Å²) in [7, 11) is 0. The van der Waals surface area contributed by atoms with Crippen molar-refractivity contribution in [3.63, 3.8) is 0 Å². The first-order chi connectivity index (χ1) is 17.6. The molecule has 1 saturated heterocycles. The zero-order valence-corrected chi connectivity index (χ0v) is 21.8. The first-order valence-corrected chi connectivity index (χ1v) is 13.9. The largest absolute Gasteiger partial charge is 0.461 e. The van der Waals surface area contributed by atoms with Crippen LogP contribution in [0.2, 0.25) is 0 Å². The molecule has 1 saturated carbocycles. The monoisotopic (exact) mass is 482 g/mol. The summed E-state index contributed by atoms with van der Waals surface area (Å²) in [5.41, 5.74) is 6.86. The molecule has 1 aromatic carbocycles. The number of rotatable bonds is 8. The Hall–Kier alpha value is -2.92. The molecule has 2 aromatic heterocycles. The second-order valence-corrected chi connectivity index (χ2v) is 11.1. The van der Waals surface area contributed by atoms with E-state index in [0.29, 0.717) is 17.8 Å². The van der Waals surface area contributed by atoms with Gasteiger partial charge in [0.15, 0.2) is 0 Å². The summed E-state index contributed by atoms with van der Waals surface area (Å²) in [6.45, 7) is 9.26. The topological polar surface area (TPSA) is 62.8 Å². The highest BCUT2D eigenvalue weighted by Gasteiger charge is 2.27. The van der Waals surface area contributed by atoms with Crippen molar-refractivity contribution in [1.82, 2.24) is 20.3 Å². The zero-order valence-electron chi connectivity index (χ0n) is 21.8. The van der Waals surface area contributed by atoms with Gasteiger partial charge in [-0.2, -0.15) is 0 Å². The van der Waals surface area contributed by atoms with Crippen LogP contribution in [0.25, 0.3) is 27.9 Å². The van der Waals surface area contributed by atoms with E-state index in [0.717, 1.165) is 58.3 Å². The fourth-order valence-electron chi connectivity index (χ4n) is 5.68. The first kappa shape index (κ1) is 23.5. The lowest BCUT2D eigenvalue weighted by Gasteiger charge is -2.28. The molecule has 2 fully saturated rings. The Labute approximate surface area is 214 Å². The molecule has 2 N–H and O–H groups in total. The summed E-state index contributed by atoms with van der Waals surface area (Å²) in [6, 6.07) is 6.68. The molecule has 0 spiro atoms. The molecule has 0 amide bonds. The highest BCUT2D eigenvalue weighted by Crippen LogP contribution is 2.41. The summed E-state index contributed by atoms with van der Waals surface area (Å²) in [6.07, 6.45) is 15.2. The van der Waals surface area contributed by atoms with Gasteiger partial charge < -0.3 is 15.0 Å². The molecule has 5 nitrogen and oxygen atoms in total. The van der Waals surface area contributed by atoms with Crippen LogP contribution in [0.15, 0.2) is 54.2 Å². The van der Waals surface area contributed by atoms with E-state index in [1.54, 1.807) is 0 Å². The molecule has 0 radical (unpaired) electrons. The number of allylic oxidation sites excluding steroid dienone is 3. The van der Waals surface area contributed by atoms with E-state index in [4.69, 9.17) is 9.72 Å². The van der Waals surface area contributed by atoms with Crippen LogP contribution in [0.1, 0.15) is 76.5 Å². The average molecular weight is 483 g/mol. The lowest BCUT2D eigenvalue weighted by molar-refractivity contribution is 0.271. The smallest absolute Gasteiger partial charge is 0.133 e. The predicted octanol–water partition coefficient (Wildman–Crippen LogP) is 7.20. The molecule has 3 aliphatic rings. The van der Waals surface area contributed by atoms with Crippen LogP contribution in [0.3, 0.4) is 0 Å². The Morgan fingerprint density at radius 3 is 2.78 bits per heavy atom. The van der Waals surface area contributed by atoms with E-state index in [2.05, 4.69) is 66.5 Å². The molecule has 4 heterocycles. The van der Waals surface area contributed by atoms with Crippen molar-refractivity contribution in [2.75, 3.05) is 13.1 Å². The maximum atomic E-state index is 6.83. The highest BCUT2D eigenvalue weighted by molar-refractivity contribution is 5.96. The second-order valence-electron chi connectivity index (χ2n) is 11.1. The van der Waals surface area contributed by atoms with Crippen LogP contribution in [0, 0.1) is 17.8 Å². The predicted molar refractivity (Wildman–Crippen MR) is 146 cm³/mol. The zero-order chi connectivity index (χ0) is 24.6. The minimum Gasteiger partial charge on any atom is -0.461 e. The van der Waals surface area contributed by atoms with Crippen molar-refractivity contribution < 1.29 is 4.74 Å². The minimum absolute atomic E-state index is 0.427. The van der Waals surface area contributed by atoms with Crippen molar-refractivity contribution in [2.45, 2.75) is 65.2 Å². The van der Waals surface area contributed by atoms with E-state index in [-0.39, 0.29) is 0 Å². The molecule has 188 valence electrons. The number of nitrogens with zero attached hydrogens (tertiary/aromatic N) is 2. The van der Waals surface area contributed by atoms with Gasteiger partial charge in [-0.1, -0.05) is 20.8 Å². The molecule has 2 aliphatic heterocycles. The number of ether oxygens (including phenoxy) is 1. The van der Waals surface area contributed by atoms with Crippen molar-refractivity contribution in [1.29, 1.82) is 0 Å². The first-order valence-electron chi connectivity index (χ1n) is 13.9. The molecule has 2 atom stereocenters.